The average Bonchev–Trinajstić information content (AvgIpc) is 3.41. The van der Waals surface area contributed by atoms with Crippen LogP contribution in [-0.4, -0.2) is 11.8 Å². The van der Waals surface area contributed by atoms with Gasteiger partial charge in [0, 0.05) is 22.0 Å². The molecular weight excluding hydrogens is 440 g/mol. The van der Waals surface area contributed by atoms with Gasteiger partial charge in [-0.2, -0.15) is 0 Å². The van der Waals surface area contributed by atoms with Crippen LogP contribution in [-0.2, 0) is 11.2 Å². The third kappa shape index (κ3) is 4.55. The van der Waals surface area contributed by atoms with E-state index < -0.39 is 5.91 Å². The Hall–Kier alpha value is -4.32. The van der Waals surface area contributed by atoms with E-state index in [9.17, 15) is 9.59 Å². The lowest BCUT2D eigenvalue weighted by Crippen LogP contribution is -2.18. The number of benzene rings is 3. The number of fused-ring (bicyclic) bond motifs is 2. The van der Waals surface area contributed by atoms with Gasteiger partial charge in [0.25, 0.3) is 5.91 Å². The molecule has 0 saturated heterocycles. The molecule has 0 aliphatic carbocycles. The Morgan fingerprint density at radius 2 is 1.66 bits per heavy atom. The van der Waals surface area contributed by atoms with Crippen molar-refractivity contribution in [2.24, 2.45) is 0 Å². The molecule has 2 amide bonds. The molecule has 3 aromatic carbocycles. The monoisotopic (exact) mass is 466 g/mol. The van der Waals surface area contributed by atoms with Gasteiger partial charge in [-0.05, 0) is 54.8 Å². The molecule has 0 aliphatic heterocycles. The van der Waals surface area contributed by atoms with Crippen molar-refractivity contribution in [1.82, 2.24) is 0 Å². The fraction of sp³-hybridized carbons (Fsp3) is 0.172. The number of aryl methyl sites for hydroxylation is 1. The largest absolute Gasteiger partial charge is 0.464 e. The van der Waals surface area contributed by atoms with Crippen LogP contribution in [0.5, 0.6) is 0 Å². The van der Waals surface area contributed by atoms with E-state index in [1.807, 2.05) is 61.5 Å². The van der Waals surface area contributed by atoms with Crippen LogP contribution in [0.2, 0.25) is 0 Å². The number of anilines is 2. The van der Waals surface area contributed by atoms with Crippen molar-refractivity contribution >= 4 is 45.1 Å². The minimum Gasteiger partial charge on any atom is -0.464 e. The summed E-state index contributed by atoms with van der Waals surface area (Å²) in [4.78, 5) is 26.2. The summed E-state index contributed by atoms with van der Waals surface area (Å²) in [6, 6.07) is 20.8. The van der Waals surface area contributed by atoms with Gasteiger partial charge in [-0.3, -0.25) is 9.59 Å². The summed E-state index contributed by atoms with van der Waals surface area (Å²) in [7, 11) is 0. The van der Waals surface area contributed by atoms with E-state index in [0.29, 0.717) is 28.3 Å². The fourth-order valence-electron chi connectivity index (χ4n) is 4.11. The molecule has 0 spiro atoms. The van der Waals surface area contributed by atoms with E-state index in [0.717, 1.165) is 22.1 Å². The Labute approximate surface area is 202 Å². The predicted octanol–water partition coefficient (Wildman–Crippen LogP) is 7.04. The van der Waals surface area contributed by atoms with Crippen LogP contribution in [0.3, 0.4) is 0 Å². The molecule has 0 unspecified atom stereocenters. The number of hydrogen-bond acceptors (Lipinski definition) is 4. The second-order valence-corrected chi connectivity index (χ2v) is 9.02. The second-order valence-electron chi connectivity index (χ2n) is 9.02. The smallest absolute Gasteiger partial charge is 0.293 e. The number of furan rings is 2. The van der Waals surface area contributed by atoms with Gasteiger partial charge in [-0.1, -0.05) is 49.7 Å². The van der Waals surface area contributed by atoms with Crippen LogP contribution in [0, 0.1) is 6.92 Å². The zero-order chi connectivity index (χ0) is 24.5. The molecule has 2 N–H and O–H groups in total. The van der Waals surface area contributed by atoms with Crippen molar-refractivity contribution in [2.45, 2.75) is 33.1 Å². The molecule has 0 saturated carbocycles. The summed E-state index contributed by atoms with van der Waals surface area (Å²) >= 11 is 0. The molecule has 6 nitrogen and oxygen atoms in total. The van der Waals surface area contributed by atoms with Crippen LogP contribution < -0.4 is 10.6 Å². The normalized spacial score (nSPS) is 11.3. The van der Waals surface area contributed by atoms with Crippen molar-refractivity contribution in [3.05, 3.63) is 95.4 Å². The minimum atomic E-state index is -0.435. The van der Waals surface area contributed by atoms with Gasteiger partial charge < -0.3 is 19.5 Å². The molecule has 5 aromatic rings. The van der Waals surface area contributed by atoms with Crippen molar-refractivity contribution in [1.29, 1.82) is 0 Å². The molecule has 0 aliphatic rings. The van der Waals surface area contributed by atoms with Gasteiger partial charge >= 0.3 is 0 Å². The number of para-hydroxylation sites is 1. The minimum absolute atomic E-state index is 0.0549. The number of rotatable bonds is 6. The molecule has 6 heteroatoms. The van der Waals surface area contributed by atoms with Crippen molar-refractivity contribution in [3.63, 3.8) is 0 Å². The van der Waals surface area contributed by atoms with Gasteiger partial charge in [0.1, 0.15) is 16.9 Å². The molecule has 5 rings (SSSR count). The Morgan fingerprint density at radius 3 is 2.43 bits per heavy atom. The van der Waals surface area contributed by atoms with E-state index in [1.54, 1.807) is 12.3 Å². The number of carbonyl (C=O) groups excluding carboxylic acids is 2. The van der Waals surface area contributed by atoms with E-state index in [1.165, 1.54) is 5.56 Å². The molecule has 0 radical (unpaired) electrons. The van der Waals surface area contributed by atoms with Crippen LogP contribution in [0.1, 0.15) is 47.0 Å². The first-order chi connectivity index (χ1) is 16.9. The first kappa shape index (κ1) is 22.5. The molecule has 0 fully saturated rings. The summed E-state index contributed by atoms with van der Waals surface area (Å²) in [5.41, 5.74) is 5.31. The predicted molar refractivity (Wildman–Crippen MR) is 138 cm³/mol. The zero-order valence-electron chi connectivity index (χ0n) is 19.8. The van der Waals surface area contributed by atoms with Crippen LogP contribution in [0.25, 0.3) is 21.9 Å². The Bertz CT molecular complexity index is 1540. The van der Waals surface area contributed by atoms with E-state index >= 15 is 0 Å². The second kappa shape index (κ2) is 9.14. The molecule has 2 heterocycles. The first-order valence-corrected chi connectivity index (χ1v) is 11.6. The molecule has 35 heavy (non-hydrogen) atoms. The SMILES string of the molecule is Cc1ccc(NC(=O)c2oc3ccccc3c2NC(=O)Cc2coc3ccc(C(C)C)cc23)cc1. The average molecular weight is 467 g/mol. The lowest BCUT2D eigenvalue weighted by molar-refractivity contribution is -0.115. The summed E-state index contributed by atoms with van der Waals surface area (Å²) in [5, 5.41) is 7.34. The number of carbonyl (C=O) groups is 2. The lowest BCUT2D eigenvalue weighted by Gasteiger charge is -2.08. The third-order valence-electron chi connectivity index (χ3n) is 6.07. The standard InChI is InChI=1S/C29H26N2O4/c1-17(2)19-10-13-24-23(14-19)20(16-34-24)15-26(32)31-27-22-6-4-5-7-25(22)35-28(27)29(33)30-21-11-8-18(3)9-12-21/h4-14,16-17H,15H2,1-3H3,(H,30,33)(H,31,32). The Morgan fingerprint density at radius 1 is 0.886 bits per heavy atom. The molecule has 0 bridgehead atoms. The third-order valence-corrected chi connectivity index (χ3v) is 6.07. The number of hydrogen-bond donors (Lipinski definition) is 2. The highest BCUT2D eigenvalue weighted by Crippen LogP contribution is 2.32. The number of amides is 2. The summed E-state index contributed by atoms with van der Waals surface area (Å²) < 4.78 is 11.5. The van der Waals surface area contributed by atoms with Crippen molar-refractivity contribution < 1.29 is 18.4 Å². The highest BCUT2D eigenvalue weighted by molar-refractivity contribution is 6.14. The van der Waals surface area contributed by atoms with Gasteiger partial charge in [-0.15, -0.1) is 0 Å². The van der Waals surface area contributed by atoms with E-state index in [4.69, 9.17) is 8.83 Å². The van der Waals surface area contributed by atoms with Crippen LogP contribution in [0.15, 0.2) is 81.8 Å². The van der Waals surface area contributed by atoms with Gasteiger partial charge in [0.15, 0.2) is 0 Å². The van der Waals surface area contributed by atoms with Gasteiger partial charge in [0.2, 0.25) is 11.7 Å². The topological polar surface area (TPSA) is 84.5 Å². The Balaban J connectivity index is 1.43. The van der Waals surface area contributed by atoms with Crippen LogP contribution >= 0.6 is 0 Å². The highest BCUT2D eigenvalue weighted by Gasteiger charge is 2.23. The molecule has 176 valence electrons. The summed E-state index contributed by atoms with van der Waals surface area (Å²) in [5.74, 6) is -0.281. The van der Waals surface area contributed by atoms with Gasteiger partial charge in [-0.25, -0.2) is 0 Å². The van der Waals surface area contributed by atoms with E-state index in [-0.39, 0.29) is 18.1 Å². The highest BCUT2D eigenvalue weighted by atomic mass is 16.3. The van der Waals surface area contributed by atoms with Crippen molar-refractivity contribution in [3.8, 4) is 0 Å². The lowest BCUT2D eigenvalue weighted by atomic mass is 10.00. The molecular formula is C29H26N2O4. The quantitative estimate of drug-likeness (QED) is 0.281. The first-order valence-electron chi connectivity index (χ1n) is 11.6. The van der Waals surface area contributed by atoms with E-state index in [2.05, 4.69) is 30.5 Å². The summed E-state index contributed by atoms with van der Waals surface area (Å²) in [6.45, 7) is 6.23. The maximum absolute atomic E-state index is 13.1. The number of nitrogens with one attached hydrogen (secondary N) is 2. The van der Waals surface area contributed by atoms with Crippen molar-refractivity contribution in [2.75, 3.05) is 10.6 Å². The molecule has 2 aromatic heterocycles. The maximum atomic E-state index is 13.1. The maximum Gasteiger partial charge on any atom is 0.293 e. The zero-order valence-corrected chi connectivity index (χ0v) is 19.8. The van der Waals surface area contributed by atoms with Crippen LogP contribution in [0.4, 0.5) is 11.4 Å². The summed E-state index contributed by atoms with van der Waals surface area (Å²) in [6.07, 6.45) is 1.72. The Kier molecular flexibility index (Phi) is 5.87. The van der Waals surface area contributed by atoms with Gasteiger partial charge in [0.05, 0.1) is 12.7 Å². The fourth-order valence-corrected chi connectivity index (χ4v) is 4.11. The molecule has 0 atom stereocenters.